The molecular weight excluding hydrogens is 122 g/mol. The van der Waals surface area contributed by atoms with Gasteiger partial charge in [-0.25, -0.2) is 0 Å². The Bertz CT molecular complexity index is 134. The SMILES string of the molecule is CC1(C)CCC2CC(C1)N2. The molecule has 0 spiro atoms. The van der Waals surface area contributed by atoms with Crippen LogP contribution < -0.4 is 5.32 Å². The van der Waals surface area contributed by atoms with Gasteiger partial charge in [-0.3, -0.25) is 0 Å². The van der Waals surface area contributed by atoms with E-state index >= 15 is 0 Å². The van der Waals surface area contributed by atoms with Gasteiger partial charge in [0.05, 0.1) is 0 Å². The summed E-state index contributed by atoms with van der Waals surface area (Å²) >= 11 is 0. The van der Waals surface area contributed by atoms with Crippen molar-refractivity contribution in [3.63, 3.8) is 0 Å². The summed E-state index contributed by atoms with van der Waals surface area (Å²) in [7, 11) is 0. The van der Waals surface area contributed by atoms with E-state index in [-0.39, 0.29) is 0 Å². The van der Waals surface area contributed by atoms with Crippen LogP contribution >= 0.6 is 0 Å². The maximum absolute atomic E-state index is 3.60. The second kappa shape index (κ2) is 1.97. The molecular formula is C9H17N. The largest absolute Gasteiger partial charge is 0.311 e. The molecule has 3 fully saturated rings. The standard InChI is InChI=1S/C9H17N/c1-9(2)4-3-7-5-8(6-9)10-7/h7-8,10H,3-6H2,1-2H3. The normalized spacial score (nSPS) is 43.8. The van der Waals surface area contributed by atoms with Crippen LogP contribution in [0.2, 0.25) is 0 Å². The molecule has 1 aliphatic carbocycles. The fourth-order valence-corrected chi connectivity index (χ4v) is 2.33. The molecule has 2 atom stereocenters. The lowest BCUT2D eigenvalue weighted by Gasteiger charge is -2.35. The highest BCUT2D eigenvalue weighted by Gasteiger charge is 2.37. The van der Waals surface area contributed by atoms with Crippen molar-refractivity contribution in [3.8, 4) is 0 Å². The van der Waals surface area contributed by atoms with Gasteiger partial charge in [-0.15, -0.1) is 0 Å². The van der Waals surface area contributed by atoms with Gasteiger partial charge in [0.2, 0.25) is 0 Å². The van der Waals surface area contributed by atoms with Crippen molar-refractivity contribution in [1.82, 2.24) is 5.32 Å². The predicted molar refractivity (Wildman–Crippen MR) is 43.0 cm³/mol. The summed E-state index contributed by atoms with van der Waals surface area (Å²) in [6.07, 6.45) is 5.66. The van der Waals surface area contributed by atoms with E-state index in [1.165, 1.54) is 25.7 Å². The second-order valence-corrected chi connectivity index (χ2v) is 4.70. The Morgan fingerprint density at radius 2 is 2.00 bits per heavy atom. The van der Waals surface area contributed by atoms with Gasteiger partial charge in [0.15, 0.2) is 0 Å². The van der Waals surface area contributed by atoms with E-state index in [2.05, 4.69) is 19.2 Å². The van der Waals surface area contributed by atoms with Crippen LogP contribution in [0.5, 0.6) is 0 Å². The van der Waals surface area contributed by atoms with Gasteiger partial charge in [-0.2, -0.15) is 0 Å². The van der Waals surface area contributed by atoms with Gasteiger partial charge >= 0.3 is 0 Å². The molecule has 10 heavy (non-hydrogen) atoms. The zero-order chi connectivity index (χ0) is 7.19. The van der Waals surface area contributed by atoms with Crippen LogP contribution in [0.4, 0.5) is 0 Å². The quantitative estimate of drug-likeness (QED) is 0.540. The van der Waals surface area contributed by atoms with Crippen molar-refractivity contribution in [2.24, 2.45) is 5.41 Å². The Morgan fingerprint density at radius 3 is 2.70 bits per heavy atom. The van der Waals surface area contributed by atoms with E-state index in [9.17, 15) is 0 Å². The molecule has 2 bridgehead atoms. The van der Waals surface area contributed by atoms with Gasteiger partial charge in [0.25, 0.3) is 0 Å². The Hall–Kier alpha value is -0.0400. The van der Waals surface area contributed by atoms with Crippen LogP contribution in [0.25, 0.3) is 0 Å². The molecule has 1 heteroatoms. The predicted octanol–water partition coefficient (Wildman–Crippen LogP) is 1.93. The number of rotatable bonds is 0. The molecule has 1 saturated carbocycles. The third-order valence-electron chi connectivity index (χ3n) is 3.01. The third kappa shape index (κ3) is 1.07. The van der Waals surface area contributed by atoms with E-state index in [1.807, 2.05) is 0 Å². The molecule has 3 aliphatic rings. The van der Waals surface area contributed by atoms with Gasteiger partial charge in [0.1, 0.15) is 0 Å². The van der Waals surface area contributed by atoms with Crippen molar-refractivity contribution < 1.29 is 0 Å². The molecule has 2 heterocycles. The molecule has 1 nitrogen and oxygen atoms in total. The summed E-state index contributed by atoms with van der Waals surface area (Å²) in [6.45, 7) is 4.80. The Morgan fingerprint density at radius 1 is 1.30 bits per heavy atom. The average Bonchev–Trinajstić information content (AvgIpc) is 1.91. The summed E-state index contributed by atoms with van der Waals surface area (Å²) in [4.78, 5) is 0. The molecule has 0 aromatic heterocycles. The van der Waals surface area contributed by atoms with E-state index < -0.39 is 0 Å². The maximum Gasteiger partial charge on any atom is 0.00895 e. The highest BCUT2D eigenvalue weighted by atomic mass is 15.0. The number of nitrogens with one attached hydrogen (secondary N) is 1. The third-order valence-corrected chi connectivity index (χ3v) is 3.01. The lowest BCUT2D eigenvalue weighted by Crippen LogP contribution is -2.50. The molecule has 2 saturated heterocycles. The van der Waals surface area contributed by atoms with Crippen LogP contribution in [0.3, 0.4) is 0 Å². The lowest BCUT2D eigenvalue weighted by atomic mass is 9.84. The first kappa shape index (κ1) is 6.66. The fraction of sp³-hybridized carbons (Fsp3) is 1.00. The molecule has 2 aliphatic heterocycles. The smallest absolute Gasteiger partial charge is 0.00895 e. The van der Waals surface area contributed by atoms with Crippen molar-refractivity contribution in [3.05, 3.63) is 0 Å². The Balaban J connectivity index is 2.03. The summed E-state index contributed by atoms with van der Waals surface area (Å²) in [6, 6.07) is 1.74. The minimum atomic E-state index is 0.614. The highest BCUT2D eigenvalue weighted by Crippen LogP contribution is 2.38. The Labute approximate surface area is 63.2 Å². The zero-order valence-corrected chi connectivity index (χ0v) is 6.98. The molecule has 1 N–H and O–H groups in total. The van der Waals surface area contributed by atoms with E-state index in [4.69, 9.17) is 0 Å². The summed E-state index contributed by atoms with van der Waals surface area (Å²) in [5.41, 5.74) is 0.614. The first-order chi connectivity index (χ1) is 4.66. The van der Waals surface area contributed by atoms with Crippen molar-refractivity contribution in [1.29, 1.82) is 0 Å². The molecule has 0 aromatic carbocycles. The molecule has 2 unspecified atom stereocenters. The van der Waals surface area contributed by atoms with Crippen molar-refractivity contribution >= 4 is 0 Å². The van der Waals surface area contributed by atoms with Crippen LogP contribution in [0.15, 0.2) is 0 Å². The maximum atomic E-state index is 3.60. The van der Waals surface area contributed by atoms with Gasteiger partial charge < -0.3 is 5.32 Å². The molecule has 0 radical (unpaired) electrons. The molecule has 58 valence electrons. The highest BCUT2D eigenvalue weighted by molar-refractivity contribution is 4.96. The Kier molecular flexibility index (Phi) is 1.31. The van der Waals surface area contributed by atoms with Gasteiger partial charge in [-0.05, 0) is 31.1 Å². The van der Waals surface area contributed by atoms with Crippen molar-refractivity contribution in [2.45, 2.75) is 51.6 Å². The monoisotopic (exact) mass is 139 g/mol. The first-order valence-electron chi connectivity index (χ1n) is 4.42. The minimum Gasteiger partial charge on any atom is -0.311 e. The summed E-state index contributed by atoms with van der Waals surface area (Å²) in [5, 5.41) is 3.60. The zero-order valence-electron chi connectivity index (χ0n) is 6.98. The fourth-order valence-electron chi connectivity index (χ4n) is 2.33. The minimum absolute atomic E-state index is 0.614. The average molecular weight is 139 g/mol. The van der Waals surface area contributed by atoms with Gasteiger partial charge in [-0.1, -0.05) is 13.8 Å². The van der Waals surface area contributed by atoms with E-state index in [0.717, 1.165) is 12.1 Å². The topological polar surface area (TPSA) is 12.0 Å². The van der Waals surface area contributed by atoms with Crippen LogP contribution in [-0.2, 0) is 0 Å². The first-order valence-corrected chi connectivity index (χ1v) is 4.42. The number of hydrogen-bond donors (Lipinski definition) is 1. The van der Waals surface area contributed by atoms with Crippen LogP contribution in [0.1, 0.15) is 39.5 Å². The van der Waals surface area contributed by atoms with Crippen LogP contribution in [-0.4, -0.2) is 12.1 Å². The molecule has 0 amide bonds. The summed E-state index contributed by atoms with van der Waals surface area (Å²) < 4.78 is 0. The van der Waals surface area contributed by atoms with Crippen molar-refractivity contribution in [2.75, 3.05) is 0 Å². The van der Waals surface area contributed by atoms with Gasteiger partial charge in [0, 0.05) is 12.1 Å². The summed E-state index contributed by atoms with van der Waals surface area (Å²) in [5.74, 6) is 0. The van der Waals surface area contributed by atoms with Crippen LogP contribution in [0, 0.1) is 5.41 Å². The molecule has 3 rings (SSSR count). The van der Waals surface area contributed by atoms with E-state index in [1.54, 1.807) is 0 Å². The number of hydrogen-bond acceptors (Lipinski definition) is 1. The number of fused-ring (bicyclic) bond motifs is 3. The lowest BCUT2D eigenvalue weighted by molar-refractivity contribution is 0.240. The van der Waals surface area contributed by atoms with E-state index in [0.29, 0.717) is 5.41 Å². The molecule has 0 aromatic rings. The second-order valence-electron chi connectivity index (χ2n) is 4.70.